The second kappa shape index (κ2) is 10.9. The van der Waals surface area contributed by atoms with Gasteiger partial charge in [0.15, 0.2) is 0 Å². The van der Waals surface area contributed by atoms with Crippen LogP contribution in [0.25, 0.3) is 0 Å². The number of unbranched alkanes of at least 4 members (excludes halogenated alkanes) is 2. The lowest BCUT2D eigenvalue weighted by molar-refractivity contribution is 0.149. The molecule has 21 heavy (non-hydrogen) atoms. The van der Waals surface area contributed by atoms with Crippen molar-refractivity contribution in [3.05, 3.63) is 0 Å². The first-order valence-corrected chi connectivity index (χ1v) is 8.39. The van der Waals surface area contributed by atoms with Crippen LogP contribution in [0.4, 0.5) is 4.79 Å². The maximum atomic E-state index is 10.7. The Morgan fingerprint density at radius 2 is 1.81 bits per heavy atom. The summed E-state index contributed by atoms with van der Waals surface area (Å²) in [6.45, 7) is 3.14. The molecule has 1 saturated carbocycles. The van der Waals surface area contributed by atoms with Crippen molar-refractivity contribution in [3.8, 4) is 0 Å². The van der Waals surface area contributed by atoms with Gasteiger partial charge in [-0.2, -0.15) is 0 Å². The minimum Gasteiger partial charge on any atom is -0.465 e. The van der Waals surface area contributed by atoms with Crippen LogP contribution in [0.1, 0.15) is 51.4 Å². The highest BCUT2D eigenvalue weighted by Gasteiger charge is 2.21. The third-order valence-corrected chi connectivity index (χ3v) is 4.61. The predicted octanol–water partition coefficient (Wildman–Crippen LogP) is 2.54. The molecule has 0 atom stereocenters. The highest BCUT2D eigenvalue weighted by atomic mass is 16.4. The number of aliphatic hydroxyl groups is 1. The average molecular weight is 300 g/mol. The first-order valence-electron chi connectivity index (χ1n) is 8.39. The molecule has 0 aromatic rings. The fraction of sp³-hybridized carbons (Fsp3) is 0.938. The number of hydrogen-bond acceptors (Lipinski definition) is 3. The molecule has 1 fully saturated rings. The molecule has 0 aromatic carbocycles. The van der Waals surface area contributed by atoms with Crippen LogP contribution in [0.5, 0.6) is 0 Å². The van der Waals surface area contributed by atoms with Gasteiger partial charge in [-0.15, -0.1) is 0 Å². The zero-order valence-corrected chi connectivity index (χ0v) is 13.4. The Kier molecular flexibility index (Phi) is 9.42. The molecule has 1 aliphatic rings. The first kappa shape index (κ1) is 18.2. The van der Waals surface area contributed by atoms with E-state index in [1.54, 1.807) is 7.05 Å². The number of rotatable bonds is 10. The Hall–Kier alpha value is -0.810. The van der Waals surface area contributed by atoms with Gasteiger partial charge >= 0.3 is 6.09 Å². The molecule has 0 aromatic heterocycles. The molecule has 3 N–H and O–H groups in total. The molecule has 0 bridgehead atoms. The van der Waals surface area contributed by atoms with Crippen LogP contribution < -0.4 is 5.32 Å². The van der Waals surface area contributed by atoms with Gasteiger partial charge in [-0.25, -0.2) is 4.79 Å². The van der Waals surface area contributed by atoms with Gasteiger partial charge in [0.25, 0.3) is 0 Å². The third kappa shape index (κ3) is 8.27. The Morgan fingerprint density at radius 1 is 1.14 bits per heavy atom. The van der Waals surface area contributed by atoms with E-state index in [4.69, 9.17) is 10.2 Å². The minimum absolute atomic E-state index is 0.307. The monoisotopic (exact) mass is 300 g/mol. The van der Waals surface area contributed by atoms with E-state index in [-0.39, 0.29) is 0 Å². The van der Waals surface area contributed by atoms with E-state index in [1.807, 2.05) is 0 Å². The molecule has 0 radical (unpaired) electrons. The number of amides is 1. The summed E-state index contributed by atoms with van der Waals surface area (Å²) in [5.41, 5.74) is 0. The summed E-state index contributed by atoms with van der Waals surface area (Å²) in [7, 11) is 1.65. The van der Waals surface area contributed by atoms with E-state index >= 15 is 0 Å². The second-order valence-electron chi connectivity index (χ2n) is 6.37. The van der Waals surface area contributed by atoms with Crippen molar-refractivity contribution in [3.63, 3.8) is 0 Å². The van der Waals surface area contributed by atoms with E-state index in [0.717, 1.165) is 44.7 Å². The van der Waals surface area contributed by atoms with Crippen LogP contribution in [0, 0.1) is 11.8 Å². The fourth-order valence-corrected chi connectivity index (χ4v) is 3.04. The number of aliphatic hydroxyl groups excluding tert-OH is 1. The van der Waals surface area contributed by atoms with Crippen molar-refractivity contribution >= 4 is 6.09 Å². The molecular formula is C16H32N2O3. The lowest BCUT2D eigenvalue weighted by Crippen LogP contribution is -2.30. The SMILES string of the molecule is CN(CCC1CCC(CNCCCCCO)CC1)C(=O)O. The molecule has 0 heterocycles. The zero-order chi connectivity index (χ0) is 15.5. The van der Waals surface area contributed by atoms with Crippen LogP contribution in [0.3, 0.4) is 0 Å². The average Bonchev–Trinajstić information content (AvgIpc) is 2.49. The smallest absolute Gasteiger partial charge is 0.407 e. The second-order valence-corrected chi connectivity index (χ2v) is 6.37. The Balaban J connectivity index is 2.00. The van der Waals surface area contributed by atoms with E-state index in [1.165, 1.54) is 30.6 Å². The summed E-state index contributed by atoms with van der Waals surface area (Å²) >= 11 is 0. The molecule has 5 heteroatoms. The maximum Gasteiger partial charge on any atom is 0.407 e. The van der Waals surface area contributed by atoms with Gasteiger partial charge < -0.3 is 20.4 Å². The van der Waals surface area contributed by atoms with Crippen LogP contribution >= 0.6 is 0 Å². The molecule has 0 aliphatic heterocycles. The molecule has 124 valence electrons. The summed E-state index contributed by atoms with van der Waals surface area (Å²) in [6, 6.07) is 0. The largest absolute Gasteiger partial charge is 0.465 e. The van der Waals surface area contributed by atoms with E-state index < -0.39 is 6.09 Å². The van der Waals surface area contributed by atoms with Crippen molar-refractivity contribution in [2.24, 2.45) is 11.8 Å². The van der Waals surface area contributed by atoms with Gasteiger partial charge in [0.1, 0.15) is 0 Å². The summed E-state index contributed by atoms with van der Waals surface area (Å²) < 4.78 is 0. The predicted molar refractivity (Wildman–Crippen MR) is 84.5 cm³/mol. The molecule has 0 saturated heterocycles. The quantitative estimate of drug-likeness (QED) is 0.542. The minimum atomic E-state index is -0.825. The Morgan fingerprint density at radius 3 is 2.43 bits per heavy atom. The van der Waals surface area contributed by atoms with Crippen LogP contribution in [0.2, 0.25) is 0 Å². The normalized spacial score (nSPS) is 22.2. The standard InChI is InChI=1S/C16H32N2O3/c1-18(16(20)21)11-9-14-5-7-15(8-6-14)13-17-10-3-2-4-12-19/h14-15,17,19H,2-13H2,1H3,(H,20,21). The maximum absolute atomic E-state index is 10.7. The van der Waals surface area contributed by atoms with Gasteiger partial charge in [0, 0.05) is 20.2 Å². The van der Waals surface area contributed by atoms with Crippen molar-refractivity contribution in [1.82, 2.24) is 10.2 Å². The van der Waals surface area contributed by atoms with Crippen molar-refractivity contribution in [2.75, 3.05) is 33.3 Å². The topological polar surface area (TPSA) is 72.8 Å². The summed E-state index contributed by atoms with van der Waals surface area (Å²) in [5, 5.41) is 21.1. The van der Waals surface area contributed by atoms with Crippen molar-refractivity contribution in [2.45, 2.75) is 51.4 Å². The Labute approximate surface area is 128 Å². The van der Waals surface area contributed by atoms with Gasteiger partial charge in [-0.1, -0.05) is 12.8 Å². The highest BCUT2D eigenvalue weighted by molar-refractivity contribution is 5.64. The zero-order valence-electron chi connectivity index (χ0n) is 13.4. The summed E-state index contributed by atoms with van der Waals surface area (Å²) in [5.74, 6) is 1.49. The summed E-state index contributed by atoms with van der Waals surface area (Å²) in [6.07, 6.45) is 8.37. The van der Waals surface area contributed by atoms with E-state index in [0.29, 0.717) is 19.1 Å². The van der Waals surface area contributed by atoms with Crippen LogP contribution in [0.15, 0.2) is 0 Å². The molecule has 0 unspecified atom stereocenters. The van der Waals surface area contributed by atoms with Crippen molar-refractivity contribution < 1.29 is 15.0 Å². The number of hydrogen-bond donors (Lipinski definition) is 3. The Bertz CT molecular complexity index is 279. The number of nitrogens with one attached hydrogen (secondary N) is 1. The van der Waals surface area contributed by atoms with E-state index in [9.17, 15) is 4.79 Å². The third-order valence-electron chi connectivity index (χ3n) is 4.61. The molecule has 1 rings (SSSR count). The fourth-order valence-electron chi connectivity index (χ4n) is 3.04. The number of carboxylic acid groups (broad SMARTS) is 1. The lowest BCUT2D eigenvalue weighted by Gasteiger charge is -2.29. The van der Waals surface area contributed by atoms with Gasteiger partial charge in [-0.3, -0.25) is 0 Å². The van der Waals surface area contributed by atoms with Gasteiger partial charge in [0.05, 0.1) is 0 Å². The molecule has 0 spiro atoms. The number of carbonyl (C=O) groups is 1. The summed E-state index contributed by atoms with van der Waals surface area (Å²) in [4.78, 5) is 12.1. The highest BCUT2D eigenvalue weighted by Crippen LogP contribution is 2.30. The van der Waals surface area contributed by atoms with Crippen molar-refractivity contribution in [1.29, 1.82) is 0 Å². The molecule has 1 amide bonds. The molecule has 5 nitrogen and oxygen atoms in total. The van der Waals surface area contributed by atoms with Crippen LogP contribution in [-0.4, -0.2) is 54.5 Å². The molecule has 1 aliphatic carbocycles. The molecular weight excluding hydrogens is 268 g/mol. The van der Waals surface area contributed by atoms with Gasteiger partial charge in [-0.05, 0) is 63.5 Å². The van der Waals surface area contributed by atoms with E-state index in [2.05, 4.69) is 5.32 Å². The first-order chi connectivity index (χ1) is 10.1. The van der Waals surface area contributed by atoms with Gasteiger partial charge in [0.2, 0.25) is 0 Å². The number of nitrogens with zero attached hydrogens (tertiary/aromatic N) is 1. The van der Waals surface area contributed by atoms with Crippen LogP contribution in [-0.2, 0) is 0 Å². The lowest BCUT2D eigenvalue weighted by atomic mass is 9.80.